The average Bonchev–Trinajstić information content (AvgIpc) is 2.85. The number of ether oxygens (including phenoxy) is 1. The zero-order valence-electron chi connectivity index (χ0n) is 21.2. The molecule has 0 bridgehead atoms. The molecule has 0 fully saturated rings. The summed E-state index contributed by atoms with van der Waals surface area (Å²) in [5, 5.41) is 9.85. The molecule has 5 heteroatoms. The van der Waals surface area contributed by atoms with Gasteiger partial charge < -0.3 is 9.84 Å². The van der Waals surface area contributed by atoms with Gasteiger partial charge in [0.1, 0.15) is 5.75 Å². The van der Waals surface area contributed by atoms with Gasteiger partial charge in [-0.3, -0.25) is 0 Å². The number of thioether (sulfide) groups is 1. The molecule has 1 aromatic heterocycles. The number of hydrogen-bond donors (Lipinski definition) is 1. The van der Waals surface area contributed by atoms with Gasteiger partial charge in [-0.25, -0.2) is 9.78 Å². The summed E-state index contributed by atoms with van der Waals surface area (Å²) < 4.78 is 5.99. The molecule has 0 aliphatic heterocycles. The van der Waals surface area contributed by atoms with E-state index in [1.165, 1.54) is 16.7 Å². The maximum absolute atomic E-state index is 10.8. The molecule has 0 aliphatic rings. The number of carboxylic acid groups (broad SMARTS) is 1. The van der Waals surface area contributed by atoms with E-state index in [-0.39, 0.29) is 0 Å². The minimum atomic E-state index is -0.960. The highest BCUT2D eigenvalue weighted by atomic mass is 32.2. The van der Waals surface area contributed by atoms with E-state index in [1.54, 1.807) is 6.08 Å². The Hall–Kier alpha value is -3.57. The molecule has 0 radical (unpaired) electrons. The quantitative estimate of drug-likeness (QED) is 0.189. The number of pyridine rings is 1. The smallest absolute Gasteiger partial charge is 0.328 e. The van der Waals surface area contributed by atoms with Crippen LogP contribution in [0.2, 0.25) is 0 Å². The highest BCUT2D eigenvalue weighted by molar-refractivity contribution is 7.98. The largest absolute Gasteiger partial charge is 0.494 e. The first-order valence-corrected chi connectivity index (χ1v) is 13.4. The molecule has 36 heavy (non-hydrogen) atoms. The number of benzene rings is 3. The first-order chi connectivity index (χ1) is 17.4. The van der Waals surface area contributed by atoms with Crippen LogP contribution in [0.4, 0.5) is 0 Å². The van der Waals surface area contributed by atoms with E-state index in [0.717, 1.165) is 69.5 Å². The molecule has 0 aliphatic carbocycles. The summed E-state index contributed by atoms with van der Waals surface area (Å²) in [4.78, 5) is 15.7. The van der Waals surface area contributed by atoms with Crippen molar-refractivity contribution >= 4 is 34.7 Å². The number of aromatic nitrogens is 1. The number of hydrogen-bond acceptors (Lipinski definition) is 4. The topological polar surface area (TPSA) is 59.4 Å². The lowest BCUT2D eigenvalue weighted by molar-refractivity contribution is -0.131. The molecular weight excluding hydrogens is 466 g/mol. The lowest BCUT2D eigenvalue weighted by Gasteiger charge is -2.16. The second-order valence-electron chi connectivity index (χ2n) is 8.98. The molecule has 0 saturated carbocycles. The van der Waals surface area contributed by atoms with Crippen LogP contribution in [0.3, 0.4) is 0 Å². The van der Waals surface area contributed by atoms with Gasteiger partial charge >= 0.3 is 5.97 Å². The molecular formula is C31H31NO3S. The molecule has 0 spiro atoms. The van der Waals surface area contributed by atoms with E-state index in [2.05, 4.69) is 57.4 Å². The van der Waals surface area contributed by atoms with E-state index in [0.29, 0.717) is 0 Å². The van der Waals surface area contributed by atoms with Crippen molar-refractivity contribution in [1.29, 1.82) is 0 Å². The molecule has 4 rings (SSSR count). The first-order valence-electron chi connectivity index (χ1n) is 12.0. The molecule has 4 aromatic rings. The number of aryl methyl sites for hydroxylation is 3. The highest BCUT2D eigenvalue weighted by Gasteiger charge is 2.12. The Bertz CT molecular complexity index is 1420. The monoisotopic (exact) mass is 497 g/mol. The fourth-order valence-electron chi connectivity index (χ4n) is 4.47. The summed E-state index contributed by atoms with van der Waals surface area (Å²) in [5.74, 6) is 1.07. The lowest BCUT2D eigenvalue weighted by atomic mass is 9.92. The van der Waals surface area contributed by atoms with Crippen LogP contribution in [0.25, 0.3) is 39.4 Å². The Morgan fingerprint density at radius 3 is 2.47 bits per heavy atom. The Balaban J connectivity index is 1.66. The van der Waals surface area contributed by atoms with Gasteiger partial charge in [0, 0.05) is 17.0 Å². The van der Waals surface area contributed by atoms with Crippen molar-refractivity contribution in [2.45, 2.75) is 27.2 Å². The maximum atomic E-state index is 10.8. The van der Waals surface area contributed by atoms with Gasteiger partial charge in [-0.15, -0.1) is 0 Å². The van der Waals surface area contributed by atoms with Crippen LogP contribution in [0.5, 0.6) is 5.75 Å². The maximum Gasteiger partial charge on any atom is 0.328 e. The normalized spacial score (nSPS) is 11.3. The van der Waals surface area contributed by atoms with Crippen molar-refractivity contribution < 1.29 is 14.6 Å². The van der Waals surface area contributed by atoms with Gasteiger partial charge in [0.2, 0.25) is 0 Å². The van der Waals surface area contributed by atoms with Crippen molar-refractivity contribution in [3.63, 3.8) is 0 Å². The van der Waals surface area contributed by atoms with E-state index < -0.39 is 5.97 Å². The van der Waals surface area contributed by atoms with Crippen LogP contribution in [-0.4, -0.2) is 34.7 Å². The number of carboxylic acids is 1. The van der Waals surface area contributed by atoms with Crippen LogP contribution in [0.15, 0.2) is 66.7 Å². The van der Waals surface area contributed by atoms with Crippen molar-refractivity contribution in [2.24, 2.45) is 0 Å². The minimum absolute atomic E-state index is 0.735. The molecule has 184 valence electrons. The van der Waals surface area contributed by atoms with Crippen molar-refractivity contribution in [3.05, 3.63) is 89.0 Å². The predicted molar refractivity (Wildman–Crippen MR) is 152 cm³/mol. The summed E-state index contributed by atoms with van der Waals surface area (Å²) in [6.07, 6.45) is 5.90. The lowest BCUT2D eigenvalue weighted by Crippen LogP contribution is -2.00. The summed E-state index contributed by atoms with van der Waals surface area (Å²) in [6.45, 7) is 7.12. The summed E-state index contributed by atoms with van der Waals surface area (Å²) >= 11 is 1.84. The van der Waals surface area contributed by atoms with Gasteiger partial charge in [-0.05, 0) is 115 Å². The molecule has 1 heterocycles. The predicted octanol–water partition coefficient (Wildman–Crippen LogP) is 7.72. The van der Waals surface area contributed by atoms with Gasteiger partial charge in [0.15, 0.2) is 0 Å². The zero-order valence-corrected chi connectivity index (χ0v) is 22.0. The summed E-state index contributed by atoms with van der Waals surface area (Å²) in [7, 11) is 0. The Morgan fingerprint density at radius 2 is 1.75 bits per heavy atom. The number of aliphatic carboxylic acids is 1. The molecule has 0 amide bonds. The Morgan fingerprint density at radius 1 is 0.972 bits per heavy atom. The molecule has 0 atom stereocenters. The zero-order chi connectivity index (χ0) is 25.7. The second kappa shape index (κ2) is 11.4. The summed E-state index contributed by atoms with van der Waals surface area (Å²) in [6, 6.07) is 20.7. The SMILES string of the molecule is CSCCCOc1cc(C)c(-c2ccc(C)c(-c3ccc4cc(/C=C/C(=O)O)ccc4n3)c2)c(C)c1. The number of fused-ring (bicyclic) bond motifs is 1. The van der Waals surface area contributed by atoms with Crippen LogP contribution >= 0.6 is 11.8 Å². The number of carbonyl (C=O) groups is 1. The molecule has 0 saturated heterocycles. The van der Waals surface area contributed by atoms with Gasteiger partial charge in [0.25, 0.3) is 0 Å². The molecule has 0 unspecified atom stereocenters. The first kappa shape index (κ1) is 25.5. The second-order valence-corrected chi connectivity index (χ2v) is 9.96. The standard InChI is InChI=1S/C31H31NO3S/c1-20-6-9-25(31-21(2)16-26(17-22(31)3)35-14-5-15-36-4)19-27(20)29-12-10-24-18-23(8-13-30(33)34)7-11-28(24)32-29/h6-13,16-19H,5,14-15H2,1-4H3,(H,33,34)/b13-8+. The van der Waals surface area contributed by atoms with Crippen LogP contribution in [-0.2, 0) is 4.79 Å². The van der Waals surface area contributed by atoms with Crippen molar-refractivity contribution in [1.82, 2.24) is 4.98 Å². The van der Waals surface area contributed by atoms with Crippen LogP contribution in [0, 0.1) is 20.8 Å². The molecule has 4 nitrogen and oxygen atoms in total. The van der Waals surface area contributed by atoms with Crippen LogP contribution in [0.1, 0.15) is 28.7 Å². The van der Waals surface area contributed by atoms with E-state index in [1.807, 2.05) is 42.1 Å². The van der Waals surface area contributed by atoms with Gasteiger partial charge in [-0.1, -0.05) is 24.3 Å². The molecule has 1 N–H and O–H groups in total. The van der Waals surface area contributed by atoms with Gasteiger partial charge in [-0.2, -0.15) is 11.8 Å². The average molecular weight is 498 g/mol. The van der Waals surface area contributed by atoms with Crippen molar-refractivity contribution in [3.8, 4) is 28.1 Å². The fourth-order valence-corrected chi connectivity index (χ4v) is 4.88. The minimum Gasteiger partial charge on any atom is -0.494 e. The van der Waals surface area contributed by atoms with E-state index in [4.69, 9.17) is 14.8 Å². The number of rotatable bonds is 9. The van der Waals surface area contributed by atoms with E-state index >= 15 is 0 Å². The fraction of sp³-hybridized carbons (Fsp3) is 0.226. The highest BCUT2D eigenvalue weighted by Crippen LogP contribution is 2.35. The Kier molecular flexibility index (Phi) is 8.11. The third kappa shape index (κ3) is 5.97. The number of nitrogens with zero attached hydrogens (tertiary/aromatic N) is 1. The summed E-state index contributed by atoms with van der Waals surface area (Å²) in [5.41, 5.74) is 9.66. The van der Waals surface area contributed by atoms with E-state index in [9.17, 15) is 4.79 Å². The van der Waals surface area contributed by atoms with Crippen LogP contribution < -0.4 is 4.74 Å². The van der Waals surface area contributed by atoms with Crippen molar-refractivity contribution in [2.75, 3.05) is 18.6 Å². The third-order valence-electron chi connectivity index (χ3n) is 6.20. The van der Waals surface area contributed by atoms with Gasteiger partial charge in [0.05, 0.1) is 17.8 Å². The Labute approximate surface area is 217 Å². The third-order valence-corrected chi connectivity index (χ3v) is 6.90. The molecule has 3 aromatic carbocycles.